The van der Waals surface area contributed by atoms with Gasteiger partial charge in [-0.2, -0.15) is 0 Å². The van der Waals surface area contributed by atoms with E-state index in [0.717, 1.165) is 0 Å². The lowest BCUT2D eigenvalue weighted by atomic mass is 9.72. The van der Waals surface area contributed by atoms with Crippen molar-refractivity contribution >= 4 is 19.0 Å². The Hall–Kier alpha value is -1.12. The summed E-state index contributed by atoms with van der Waals surface area (Å²) in [5.74, 6) is -1.54. The number of carboxylic acids is 1. The maximum atomic E-state index is 11.3. The van der Waals surface area contributed by atoms with E-state index in [1.807, 2.05) is 0 Å². The van der Waals surface area contributed by atoms with Crippen molar-refractivity contribution in [2.45, 2.75) is 44.1 Å². The van der Waals surface area contributed by atoms with Gasteiger partial charge in [0.1, 0.15) is 0 Å². The summed E-state index contributed by atoms with van der Waals surface area (Å²) in [6.07, 6.45) is 1.53. The molecule has 0 bridgehead atoms. The van der Waals surface area contributed by atoms with Gasteiger partial charge in [-0.05, 0) is 19.3 Å². The Kier molecular flexibility index (Phi) is 6.10. The lowest BCUT2D eigenvalue weighted by molar-refractivity contribution is -0.137. The zero-order valence-electron chi connectivity index (χ0n) is 10.2. The van der Waals surface area contributed by atoms with Gasteiger partial charge >= 0.3 is 13.1 Å². The third kappa shape index (κ3) is 5.03. The summed E-state index contributed by atoms with van der Waals surface area (Å²) in [6.45, 7) is 0.261. The number of nitrogens with one attached hydrogen (secondary N) is 1. The van der Waals surface area contributed by atoms with Crippen LogP contribution < -0.4 is 11.1 Å². The van der Waals surface area contributed by atoms with Gasteiger partial charge in [0.2, 0.25) is 5.91 Å². The molecule has 0 radical (unpaired) electrons. The fraction of sp³-hybridized carbons (Fsp3) is 0.800. The van der Waals surface area contributed by atoms with E-state index in [4.69, 9.17) is 15.5 Å². The van der Waals surface area contributed by atoms with Crippen LogP contribution in [0.5, 0.6) is 0 Å². The van der Waals surface area contributed by atoms with Gasteiger partial charge in [-0.1, -0.05) is 0 Å². The van der Waals surface area contributed by atoms with Crippen LogP contribution in [0.3, 0.4) is 0 Å². The molecule has 0 spiro atoms. The molecule has 0 aromatic carbocycles. The Bertz CT molecular complexity index is 302. The molecule has 18 heavy (non-hydrogen) atoms. The number of carbonyl (C=O) groups is 2. The minimum absolute atomic E-state index is 0.0155. The van der Waals surface area contributed by atoms with Crippen LogP contribution in [0.1, 0.15) is 32.1 Å². The number of aliphatic carboxylic acids is 1. The van der Waals surface area contributed by atoms with Crippen LogP contribution in [0.2, 0.25) is 0 Å². The van der Waals surface area contributed by atoms with Gasteiger partial charge in [0.25, 0.3) is 0 Å². The molecule has 102 valence electrons. The Labute approximate surface area is 106 Å². The first-order valence-corrected chi connectivity index (χ1v) is 6.07. The monoisotopic (exact) mass is 258 g/mol. The molecule has 7 nitrogen and oxygen atoms in total. The molecule has 1 aliphatic rings. The molecular weight excluding hydrogens is 239 g/mol. The second-order valence-electron chi connectivity index (χ2n) is 4.37. The molecule has 1 rings (SSSR count). The average molecular weight is 258 g/mol. The first kappa shape index (κ1) is 14.9. The summed E-state index contributed by atoms with van der Waals surface area (Å²) in [7, 11) is -1.08. The summed E-state index contributed by atoms with van der Waals surface area (Å²) in [5.41, 5.74) is 5.25. The minimum atomic E-state index is -1.08. The van der Waals surface area contributed by atoms with Gasteiger partial charge < -0.3 is 25.8 Å². The van der Waals surface area contributed by atoms with Crippen LogP contribution in [0.25, 0.3) is 0 Å². The van der Waals surface area contributed by atoms with Crippen LogP contribution in [0.15, 0.2) is 0 Å². The molecule has 8 heteroatoms. The summed E-state index contributed by atoms with van der Waals surface area (Å²) < 4.78 is 5.27. The van der Waals surface area contributed by atoms with E-state index in [1.54, 1.807) is 0 Å². The first-order chi connectivity index (χ1) is 8.52. The Morgan fingerprint density at radius 2 is 2.11 bits per heavy atom. The van der Waals surface area contributed by atoms with Crippen LogP contribution in [-0.4, -0.2) is 47.7 Å². The number of amides is 1. The minimum Gasteiger partial charge on any atom is -0.481 e. The molecule has 0 aromatic rings. The van der Waals surface area contributed by atoms with Crippen molar-refractivity contribution < 1.29 is 24.4 Å². The molecule has 0 aliphatic carbocycles. The number of carbonyl (C=O) groups excluding carboxylic acids is 1. The molecule has 1 aliphatic heterocycles. The summed E-state index contributed by atoms with van der Waals surface area (Å²) in [4.78, 5) is 21.7. The fourth-order valence-electron chi connectivity index (χ4n) is 1.92. The van der Waals surface area contributed by atoms with Gasteiger partial charge in [-0.25, -0.2) is 0 Å². The first-order valence-electron chi connectivity index (χ1n) is 6.07. The highest BCUT2D eigenvalue weighted by Gasteiger charge is 2.35. The van der Waals surface area contributed by atoms with Crippen molar-refractivity contribution in [1.82, 2.24) is 5.32 Å². The van der Waals surface area contributed by atoms with Gasteiger partial charge in [0, 0.05) is 25.5 Å². The van der Waals surface area contributed by atoms with Crippen molar-refractivity contribution in [2.75, 3.05) is 6.54 Å². The lowest BCUT2D eigenvalue weighted by Gasteiger charge is -2.31. The molecule has 1 fully saturated rings. The third-order valence-corrected chi connectivity index (χ3v) is 2.87. The highest BCUT2D eigenvalue weighted by molar-refractivity contribution is 6.45. The van der Waals surface area contributed by atoms with Gasteiger partial charge in [-0.15, -0.1) is 0 Å². The van der Waals surface area contributed by atoms with E-state index in [-0.39, 0.29) is 31.4 Å². The summed E-state index contributed by atoms with van der Waals surface area (Å²) in [5, 5.41) is 20.9. The van der Waals surface area contributed by atoms with Crippen LogP contribution in [0.4, 0.5) is 0 Å². The number of hydrogen-bond donors (Lipinski definition) is 4. The fourth-order valence-corrected chi connectivity index (χ4v) is 1.92. The maximum Gasteiger partial charge on any atom is 0.478 e. The van der Waals surface area contributed by atoms with Crippen molar-refractivity contribution in [3.63, 3.8) is 0 Å². The van der Waals surface area contributed by atoms with E-state index in [9.17, 15) is 14.6 Å². The zero-order chi connectivity index (χ0) is 13.5. The molecule has 1 saturated heterocycles. The summed E-state index contributed by atoms with van der Waals surface area (Å²) >= 11 is 0. The smallest absolute Gasteiger partial charge is 0.478 e. The second-order valence-corrected chi connectivity index (χ2v) is 4.37. The Morgan fingerprint density at radius 1 is 1.39 bits per heavy atom. The third-order valence-electron chi connectivity index (χ3n) is 2.87. The predicted octanol–water partition coefficient (Wildman–Crippen LogP) is -1.12. The van der Waals surface area contributed by atoms with E-state index in [0.29, 0.717) is 19.3 Å². The zero-order valence-corrected chi connectivity index (χ0v) is 10.2. The lowest BCUT2D eigenvalue weighted by Crippen LogP contribution is -2.52. The predicted molar refractivity (Wildman–Crippen MR) is 64.6 cm³/mol. The van der Waals surface area contributed by atoms with Crippen LogP contribution in [0, 0.1) is 0 Å². The second kappa shape index (κ2) is 7.35. The number of rotatable bonds is 6. The topological polar surface area (TPSA) is 122 Å². The molecule has 2 atom stereocenters. The SMILES string of the molecule is NCCC(=O)N[C@H]1CC[C@@H](CCC(=O)O)OB1O. The van der Waals surface area contributed by atoms with Crippen molar-refractivity contribution in [2.24, 2.45) is 5.73 Å². The van der Waals surface area contributed by atoms with E-state index in [2.05, 4.69) is 5.32 Å². The van der Waals surface area contributed by atoms with E-state index < -0.39 is 19.0 Å². The number of hydrogen-bond acceptors (Lipinski definition) is 5. The van der Waals surface area contributed by atoms with Crippen LogP contribution >= 0.6 is 0 Å². The van der Waals surface area contributed by atoms with Gasteiger partial charge in [0.15, 0.2) is 0 Å². The van der Waals surface area contributed by atoms with E-state index >= 15 is 0 Å². The van der Waals surface area contributed by atoms with Crippen LogP contribution in [-0.2, 0) is 14.2 Å². The highest BCUT2D eigenvalue weighted by Crippen LogP contribution is 2.19. The highest BCUT2D eigenvalue weighted by atomic mass is 16.5. The molecule has 0 aromatic heterocycles. The van der Waals surface area contributed by atoms with Crippen molar-refractivity contribution in [3.05, 3.63) is 0 Å². The van der Waals surface area contributed by atoms with Crippen molar-refractivity contribution in [3.8, 4) is 0 Å². The van der Waals surface area contributed by atoms with Crippen molar-refractivity contribution in [1.29, 1.82) is 0 Å². The molecule has 0 unspecified atom stereocenters. The molecule has 5 N–H and O–H groups in total. The Morgan fingerprint density at radius 3 is 2.67 bits per heavy atom. The Balaban J connectivity index is 2.32. The number of nitrogens with two attached hydrogens (primary N) is 1. The molecular formula is C10H19BN2O5. The maximum absolute atomic E-state index is 11.3. The standard InChI is InChI=1S/C10H19BN2O5/c12-6-5-9(14)13-8-3-1-7(18-11(8)17)2-4-10(15)16/h7-8,17H,1-6,12H2,(H,13,14)(H,15,16)/t7-,8-/m0/s1. The normalized spacial score (nSPS) is 23.8. The van der Waals surface area contributed by atoms with Gasteiger partial charge in [0.05, 0.1) is 5.94 Å². The quantitative estimate of drug-likeness (QED) is 0.448. The van der Waals surface area contributed by atoms with E-state index in [1.165, 1.54) is 0 Å². The van der Waals surface area contributed by atoms with Gasteiger partial charge in [-0.3, -0.25) is 9.59 Å². The molecule has 1 heterocycles. The number of carboxylic acid groups (broad SMARTS) is 1. The summed E-state index contributed by atoms with van der Waals surface area (Å²) in [6, 6.07) is 0. The molecule has 0 saturated carbocycles. The average Bonchev–Trinajstić information content (AvgIpc) is 2.30. The molecule has 1 amide bonds. The largest absolute Gasteiger partial charge is 0.481 e.